The number of rotatable bonds is 10. The summed E-state index contributed by atoms with van der Waals surface area (Å²) in [5.41, 5.74) is 0. The van der Waals surface area contributed by atoms with E-state index in [0.717, 1.165) is 29.9 Å². The zero-order valence-corrected chi connectivity index (χ0v) is 14.2. The molecule has 0 aliphatic rings. The molecular formula is C13H17F4O4PS. The van der Waals surface area contributed by atoms with Crippen LogP contribution in [-0.4, -0.2) is 24.9 Å². The minimum atomic E-state index is -4.58. The van der Waals surface area contributed by atoms with Crippen LogP contribution in [0.1, 0.15) is 20.3 Å². The highest BCUT2D eigenvalue weighted by atomic mass is 32.7. The fourth-order valence-electron chi connectivity index (χ4n) is 1.35. The minimum Gasteiger partial charge on any atom is -0.428 e. The lowest BCUT2D eigenvalue weighted by Gasteiger charge is -2.19. The second-order valence-electron chi connectivity index (χ2n) is 4.23. The van der Waals surface area contributed by atoms with E-state index in [2.05, 4.69) is 4.74 Å². The first kappa shape index (κ1) is 20.1. The van der Waals surface area contributed by atoms with Crippen molar-refractivity contribution < 1.29 is 35.9 Å². The zero-order chi connectivity index (χ0) is 17.5. The molecule has 0 saturated heterocycles. The lowest BCUT2D eigenvalue weighted by atomic mass is 10.3. The number of ether oxygens (including phenoxy) is 1. The summed E-state index contributed by atoms with van der Waals surface area (Å²) in [4.78, 5) is 0. The smallest absolute Gasteiger partial charge is 0.428 e. The van der Waals surface area contributed by atoms with Gasteiger partial charge in [0.15, 0.2) is 0 Å². The lowest BCUT2D eigenvalue weighted by molar-refractivity contribution is -0.253. The summed E-state index contributed by atoms with van der Waals surface area (Å²) >= 11 is 1.02. The summed E-state index contributed by atoms with van der Waals surface area (Å²) in [6.45, 7) is 0.315. The average Bonchev–Trinajstić information content (AvgIpc) is 2.47. The van der Waals surface area contributed by atoms with E-state index in [4.69, 9.17) is 9.05 Å². The van der Waals surface area contributed by atoms with Crippen molar-refractivity contribution in [3.63, 3.8) is 0 Å². The molecule has 0 radical (unpaired) electrons. The average molecular weight is 376 g/mol. The molecule has 0 heterocycles. The van der Waals surface area contributed by atoms with Gasteiger partial charge >= 0.3 is 19.3 Å². The van der Waals surface area contributed by atoms with Crippen LogP contribution in [0.3, 0.4) is 0 Å². The Morgan fingerprint density at radius 3 is 2.22 bits per heavy atom. The normalized spacial score (nSPS) is 14.6. The first-order chi connectivity index (χ1) is 10.7. The summed E-state index contributed by atoms with van der Waals surface area (Å²) in [7, 11) is 0. The van der Waals surface area contributed by atoms with E-state index in [9.17, 15) is 22.1 Å². The molecular weight excluding hydrogens is 359 g/mol. The number of alkyl halides is 4. The Bertz CT molecular complexity index is 527. The molecule has 0 spiro atoms. The Hall–Kier alpha value is -0.920. The maximum atomic E-state index is 12.8. The fraction of sp³-hybridized carbons (Fsp3) is 0.538. The van der Waals surface area contributed by atoms with Crippen LogP contribution in [-0.2, 0) is 9.09 Å². The highest BCUT2D eigenvalue weighted by Crippen LogP contribution is 2.60. The van der Waals surface area contributed by atoms with Gasteiger partial charge in [-0.15, -0.1) is 0 Å². The Morgan fingerprint density at radius 2 is 1.74 bits per heavy atom. The van der Waals surface area contributed by atoms with Crippen molar-refractivity contribution in [1.82, 2.24) is 0 Å². The summed E-state index contributed by atoms with van der Waals surface area (Å²) in [6.07, 6.45) is -7.76. The van der Waals surface area contributed by atoms with Crippen LogP contribution in [0.15, 0.2) is 24.3 Å². The summed E-state index contributed by atoms with van der Waals surface area (Å²) in [6, 6.07) is 4.42. The Balaban J connectivity index is 2.77. The first-order valence-corrected chi connectivity index (χ1v) is 9.89. The maximum Gasteiger partial charge on any atom is 0.461 e. The predicted molar refractivity (Wildman–Crippen MR) is 80.6 cm³/mol. The van der Waals surface area contributed by atoms with E-state index in [1.165, 1.54) is 12.1 Å². The summed E-state index contributed by atoms with van der Waals surface area (Å²) in [5.74, 6) is 0.187. The number of hydrogen-bond donors (Lipinski definition) is 0. The van der Waals surface area contributed by atoms with Gasteiger partial charge in [-0.25, -0.2) is 4.57 Å². The maximum absolute atomic E-state index is 12.8. The molecule has 0 aliphatic heterocycles. The van der Waals surface area contributed by atoms with E-state index in [-0.39, 0.29) is 12.4 Å². The van der Waals surface area contributed by atoms with Crippen molar-refractivity contribution in [3.8, 4) is 11.5 Å². The van der Waals surface area contributed by atoms with Gasteiger partial charge in [-0.3, -0.25) is 4.52 Å². The molecule has 0 aliphatic carbocycles. The van der Waals surface area contributed by atoms with Gasteiger partial charge in [-0.2, -0.15) is 17.6 Å². The first-order valence-electron chi connectivity index (χ1n) is 6.76. The van der Waals surface area contributed by atoms with E-state index in [1.54, 1.807) is 6.92 Å². The van der Waals surface area contributed by atoms with Gasteiger partial charge in [0.1, 0.15) is 11.5 Å². The SMILES string of the molecule is CCCSP(=O)(OCC)Oc1ccc(OC(F)(F)C(F)F)cc1. The molecule has 1 atom stereocenters. The highest BCUT2D eigenvalue weighted by molar-refractivity contribution is 8.55. The largest absolute Gasteiger partial charge is 0.461 e. The molecule has 0 amide bonds. The third-order valence-corrected chi connectivity index (χ3v) is 6.24. The second-order valence-corrected chi connectivity index (χ2v) is 8.34. The van der Waals surface area contributed by atoms with E-state index >= 15 is 0 Å². The van der Waals surface area contributed by atoms with Crippen LogP contribution >= 0.6 is 18.2 Å². The molecule has 4 nitrogen and oxygen atoms in total. The van der Waals surface area contributed by atoms with Crippen molar-refractivity contribution in [2.45, 2.75) is 32.8 Å². The van der Waals surface area contributed by atoms with E-state index < -0.39 is 25.1 Å². The van der Waals surface area contributed by atoms with Gasteiger partial charge in [-0.05, 0) is 49.0 Å². The minimum absolute atomic E-state index is 0.0955. The van der Waals surface area contributed by atoms with Crippen molar-refractivity contribution in [3.05, 3.63) is 24.3 Å². The second kappa shape index (κ2) is 8.80. The van der Waals surface area contributed by atoms with E-state index in [1.807, 2.05) is 6.92 Å². The standard InChI is InChI=1S/C13H17F4O4PS/c1-3-9-23-22(18,19-4-2)21-11-7-5-10(6-8-11)20-13(16,17)12(14)15/h5-8,12H,3-4,9H2,1-2H3. The van der Waals surface area contributed by atoms with Crippen molar-refractivity contribution in [1.29, 1.82) is 0 Å². The summed E-state index contributed by atoms with van der Waals surface area (Å²) < 4.78 is 76.4. The fourth-order valence-corrected chi connectivity index (χ4v) is 4.81. The monoisotopic (exact) mass is 376 g/mol. The van der Waals surface area contributed by atoms with Crippen molar-refractivity contribution in [2.75, 3.05) is 12.4 Å². The predicted octanol–water partition coefficient (Wildman–Crippen LogP) is 5.59. The highest BCUT2D eigenvalue weighted by Gasteiger charge is 2.44. The van der Waals surface area contributed by atoms with Crippen LogP contribution in [0, 0.1) is 0 Å². The van der Waals surface area contributed by atoms with Crippen molar-refractivity contribution in [2.24, 2.45) is 0 Å². The van der Waals surface area contributed by atoms with Gasteiger partial charge in [-0.1, -0.05) is 6.92 Å². The third-order valence-electron chi connectivity index (χ3n) is 2.29. The molecule has 1 aromatic rings. The third kappa shape index (κ3) is 6.61. The Morgan fingerprint density at radius 1 is 1.17 bits per heavy atom. The molecule has 23 heavy (non-hydrogen) atoms. The molecule has 1 aromatic carbocycles. The van der Waals surface area contributed by atoms with Crippen LogP contribution in [0.2, 0.25) is 0 Å². The van der Waals surface area contributed by atoms with Crippen molar-refractivity contribution >= 4 is 18.2 Å². The van der Waals surface area contributed by atoms with Gasteiger partial charge in [0.25, 0.3) is 0 Å². The molecule has 10 heteroatoms. The molecule has 1 rings (SSSR count). The molecule has 0 aromatic heterocycles. The zero-order valence-electron chi connectivity index (χ0n) is 12.5. The molecule has 0 N–H and O–H groups in total. The topological polar surface area (TPSA) is 44.8 Å². The summed E-state index contributed by atoms with van der Waals surface area (Å²) in [5, 5.41) is 0. The van der Waals surface area contributed by atoms with Crippen LogP contribution in [0.4, 0.5) is 17.6 Å². The number of hydrogen-bond acceptors (Lipinski definition) is 5. The molecule has 132 valence electrons. The Kier molecular flexibility index (Phi) is 7.70. The van der Waals surface area contributed by atoms with Crippen LogP contribution in [0.5, 0.6) is 11.5 Å². The van der Waals surface area contributed by atoms with Gasteiger partial charge in [0.2, 0.25) is 0 Å². The molecule has 0 bridgehead atoms. The van der Waals surface area contributed by atoms with E-state index in [0.29, 0.717) is 5.75 Å². The molecule has 1 unspecified atom stereocenters. The molecule has 0 saturated carbocycles. The van der Waals surface area contributed by atoms with Gasteiger partial charge < -0.3 is 9.26 Å². The quantitative estimate of drug-likeness (QED) is 0.393. The lowest BCUT2D eigenvalue weighted by Crippen LogP contribution is -2.33. The number of halogens is 4. The van der Waals surface area contributed by atoms with Gasteiger partial charge in [0.05, 0.1) is 6.61 Å². The Labute approximate surface area is 135 Å². The van der Waals surface area contributed by atoms with Crippen LogP contribution in [0.25, 0.3) is 0 Å². The molecule has 0 fully saturated rings. The van der Waals surface area contributed by atoms with Gasteiger partial charge in [0, 0.05) is 5.75 Å². The number of benzene rings is 1. The van der Waals surface area contributed by atoms with Crippen LogP contribution < -0.4 is 9.26 Å².